The number of rotatable bonds is 6. The second-order valence-electron chi connectivity index (χ2n) is 4.27. The van der Waals surface area contributed by atoms with Gasteiger partial charge in [0.25, 0.3) is 0 Å². The van der Waals surface area contributed by atoms with Crippen molar-refractivity contribution in [1.82, 2.24) is 5.32 Å². The van der Waals surface area contributed by atoms with Gasteiger partial charge in [0.1, 0.15) is 0 Å². The third-order valence-electron chi connectivity index (χ3n) is 2.75. The van der Waals surface area contributed by atoms with Crippen LogP contribution in [0.15, 0.2) is 24.3 Å². The van der Waals surface area contributed by atoms with Gasteiger partial charge in [-0.3, -0.25) is 4.79 Å². The molecule has 6 nitrogen and oxygen atoms in total. The van der Waals surface area contributed by atoms with E-state index in [1.807, 2.05) is 12.1 Å². The summed E-state index contributed by atoms with van der Waals surface area (Å²) in [4.78, 5) is 22.6. The van der Waals surface area contributed by atoms with Crippen molar-refractivity contribution in [3.05, 3.63) is 35.4 Å². The molecule has 104 valence electrons. The van der Waals surface area contributed by atoms with Crippen molar-refractivity contribution in [2.24, 2.45) is 5.73 Å². The summed E-state index contributed by atoms with van der Waals surface area (Å²) in [5.74, 6) is -1.73. The Hall–Kier alpha value is -1.92. The summed E-state index contributed by atoms with van der Waals surface area (Å²) in [6.45, 7) is 1.62. The summed E-state index contributed by atoms with van der Waals surface area (Å²) in [6.07, 6.45) is -1.13. The number of carboxylic acids is 1. The summed E-state index contributed by atoms with van der Waals surface area (Å²) in [7, 11) is 0. The predicted molar refractivity (Wildman–Crippen MR) is 69.3 cm³/mol. The molecule has 0 saturated heterocycles. The number of hydrogen-bond donors (Lipinski definition) is 4. The molecule has 5 N–H and O–H groups in total. The molecule has 0 heterocycles. The third-order valence-corrected chi connectivity index (χ3v) is 2.75. The fraction of sp³-hybridized carbons (Fsp3) is 0.385. The molecule has 0 spiro atoms. The van der Waals surface area contributed by atoms with Gasteiger partial charge in [-0.05, 0) is 18.1 Å². The van der Waals surface area contributed by atoms with Crippen LogP contribution in [0.2, 0.25) is 0 Å². The van der Waals surface area contributed by atoms with Crippen molar-refractivity contribution in [2.75, 3.05) is 0 Å². The van der Waals surface area contributed by atoms with E-state index in [1.165, 1.54) is 6.92 Å². The summed E-state index contributed by atoms with van der Waals surface area (Å²) >= 11 is 0. The Bertz CT molecular complexity index is 460. The fourth-order valence-electron chi connectivity index (χ4n) is 1.72. The monoisotopic (exact) mass is 266 g/mol. The number of aliphatic hydroxyl groups is 1. The highest BCUT2D eigenvalue weighted by atomic mass is 16.4. The van der Waals surface area contributed by atoms with Crippen molar-refractivity contribution in [1.29, 1.82) is 0 Å². The van der Waals surface area contributed by atoms with E-state index >= 15 is 0 Å². The Morgan fingerprint density at radius 3 is 2.37 bits per heavy atom. The third kappa shape index (κ3) is 4.35. The number of nitrogens with one attached hydrogen (secondary N) is 1. The summed E-state index contributed by atoms with van der Waals surface area (Å²) in [5, 5.41) is 20.4. The average Bonchev–Trinajstić information content (AvgIpc) is 2.36. The number of amides is 1. The van der Waals surface area contributed by atoms with Crippen molar-refractivity contribution in [3.63, 3.8) is 0 Å². The number of aliphatic carboxylic acids is 1. The van der Waals surface area contributed by atoms with E-state index < -0.39 is 24.0 Å². The summed E-state index contributed by atoms with van der Waals surface area (Å²) in [5.41, 5.74) is 7.14. The van der Waals surface area contributed by atoms with Gasteiger partial charge in [-0.1, -0.05) is 24.3 Å². The molecule has 0 aliphatic carbocycles. The van der Waals surface area contributed by atoms with Crippen molar-refractivity contribution in [2.45, 2.75) is 32.0 Å². The van der Waals surface area contributed by atoms with Crippen LogP contribution < -0.4 is 11.1 Å². The van der Waals surface area contributed by atoms with E-state index in [0.29, 0.717) is 6.54 Å². The smallest absolute Gasteiger partial charge is 0.328 e. The van der Waals surface area contributed by atoms with Crippen molar-refractivity contribution in [3.8, 4) is 0 Å². The van der Waals surface area contributed by atoms with E-state index in [-0.39, 0.29) is 6.42 Å². The van der Waals surface area contributed by atoms with Gasteiger partial charge in [0.2, 0.25) is 5.91 Å². The molecule has 0 aliphatic heterocycles. The molecule has 2 atom stereocenters. The van der Waals surface area contributed by atoms with E-state index in [9.17, 15) is 14.7 Å². The number of nitrogens with two attached hydrogens (primary N) is 1. The van der Waals surface area contributed by atoms with Gasteiger partial charge >= 0.3 is 5.97 Å². The lowest BCUT2D eigenvalue weighted by atomic mass is 10.0. The van der Waals surface area contributed by atoms with Crippen LogP contribution >= 0.6 is 0 Å². The first-order valence-electron chi connectivity index (χ1n) is 5.92. The number of carboxylic acid groups (broad SMARTS) is 1. The van der Waals surface area contributed by atoms with Crippen LogP contribution in [-0.2, 0) is 22.6 Å². The quantitative estimate of drug-likeness (QED) is 0.561. The van der Waals surface area contributed by atoms with Gasteiger partial charge in [-0.15, -0.1) is 0 Å². The van der Waals surface area contributed by atoms with Gasteiger partial charge < -0.3 is 21.3 Å². The zero-order valence-corrected chi connectivity index (χ0v) is 10.7. The second kappa shape index (κ2) is 6.86. The SMILES string of the molecule is CC(O)C(NC(=O)Cc1ccccc1CN)C(=O)O. The van der Waals surface area contributed by atoms with Gasteiger partial charge in [0, 0.05) is 6.54 Å². The minimum atomic E-state index is -1.31. The number of hydrogen-bond acceptors (Lipinski definition) is 4. The predicted octanol–water partition coefficient (Wildman–Crippen LogP) is -0.362. The molecule has 0 aliphatic rings. The molecule has 1 rings (SSSR count). The zero-order chi connectivity index (χ0) is 14.4. The molecule has 1 aromatic rings. The van der Waals surface area contributed by atoms with Gasteiger partial charge in [-0.2, -0.15) is 0 Å². The van der Waals surface area contributed by atoms with Gasteiger partial charge in [0.05, 0.1) is 12.5 Å². The lowest BCUT2D eigenvalue weighted by molar-refractivity contribution is -0.144. The topological polar surface area (TPSA) is 113 Å². The van der Waals surface area contributed by atoms with Crippen molar-refractivity contribution < 1.29 is 19.8 Å². The van der Waals surface area contributed by atoms with Crippen LogP contribution in [0, 0.1) is 0 Å². The molecule has 2 unspecified atom stereocenters. The lowest BCUT2D eigenvalue weighted by Gasteiger charge is -2.17. The maximum Gasteiger partial charge on any atom is 0.328 e. The van der Waals surface area contributed by atoms with Crippen LogP contribution in [0.5, 0.6) is 0 Å². The van der Waals surface area contributed by atoms with E-state index in [2.05, 4.69) is 5.32 Å². The Morgan fingerprint density at radius 1 is 1.32 bits per heavy atom. The largest absolute Gasteiger partial charge is 0.480 e. The molecule has 0 saturated carbocycles. The molecule has 1 amide bonds. The van der Waals surface area contributed by atoms with E-state index in [4.69, 9.17) is 10.8 Å². The first-order chi connectivity index (χ1) is 8.95. The highest BCUT2D eigenvalue weighted by Gasteiger charge is 2.24. The highest BCUT2D eigenvalue weighted by Crippen LogP contribution is 2.09. The van der Waals surface area contributed by atoms with E-state index in [1.54, 1.807) is 12.1 Å². The Kier molecular flexibility index (Phi) is 5.47. The van der Waals surface area contributed by atoms with Crippen LogP contribution in [0.1, 0.15) is 18.1 Å². The van der Waals surface area contributed by atoms with E-state index in [0.717, 1.165) is 11.1 Å². The summed E-state index contributed by atoms with van der Waals surface area (Å²) in [6, 6.07) is 5.87. The van der Waals surface area contributed by atoms with Gasteiger partial charge in [0.15, 0.2) is 6.04 Å². The second-order valence-corrected chi connectivity index (χ2v) is 4.27. The minimum Gasteiger partial charge on any atom is -0.480 e. The first kappa shape index (κ1) is 15.1. The molecule has 1 aromatic carbocycles. The Labute approximate surface area is 111 Å². The number of aliphatic hydroxyl groups excluding tert-OH is 1. The van der Waals surface area contributed by atoms with Crippen LogP contribution in [0.3, 0.4) is 0 Å². The van der Waals surface area contributed by atoms with Crippen LogP contribution in [-0.4, -0.2) is 34.2 Å². The molecule has 0 aromatic heterocycles. The number of benzene rings is 1. The number of carbonyl (C=O) groups excluding carboxylic acids is 1. The lowest BCUT2D eigenvalue weighted by Crippen LogP contribution is -2.48. The normalized spacial score (nSPS) is 13.6. The Balaban J connectivity index is 2.72. The fourth-order valence-corrected chi connectivity index (χ4v) is 1.72. The highest BCUT2D eigenvalue weighted by molar-refractivity contribution is 5.85. The first-order valence-corrected chi connectivity index (χ1v) is 5.92. The van der Waals surface area contributed by atoms with Crippen LogP contribution in [0.25, 0.3) is 0 Å². The zero-order valence-electron chi connectivity index (χ0n) is 10.7. The molecule has 6 heteroatoms. The van der Waals surface area contributed by atoms with Gasteiger partial charge in [-0.25, -0.2) is 4.79 Å². The maximum absolute atomic E-state index is 11.8. The number of carbonyl (C=O) groups is 2. The molecular formula is C13H18N2O4. The Morgan fingerprint density at radius 2 is 1.89 bits per heavy atom. The van der Waals surface area contributed by atoms with Crippen LogP contribution in [0.4, 0.5) is 0 Å². The van der Waals surface area contributed by atoms with Crippen molar-refractivity contribution >= 4 is 11.9 Å². The minimum absolute atomic E-state index is 0.0316. The molecular weight excluding hydrogens is 248 g/mol. The standard InChI is InChI=1S/C13H18N2O4/c1-8(16)12(13(18)19)15-11(17)6-9-4-2-3-5-10(9)7-14/h2-5,8,12,16H,6-7,14H2,1H3,(H,15,17)(H,18,19). The molecule has 19 heavy (non-hydrogen) atoms. The average molecular weight is 266 g/mol. The molecule has 0 bridgehead atoms. The summed E-state index contributed by atoms with van der Waals surface area (Å²) < 4.78 is 0. The molecule has 0 fully saturated rings. The maximum atomic E-state index is 11.8. The molecule has 0 radical (unpaired) electrons.